The summed E-state index contributed by atoms with van der Waals surface area (Å²) in [5, 5.41) is 6.05. The van der Waals surface area contributed by atoms with Crippen LogP contribution < -0.4 is 10.6 Å². The van der Waals surface area contributed by atoms with Gasteiger partial charge < -0.3 is 49.3 Å². The second kappa shape index (κ2) is 20.8. The highest BCUT2D eigenvalue weighted by atomic mass is 31.1. The lowest BCUT2D eigenvalue weighted by atomic mass is 9.90. The van der Waals surface area contributed by atoms with E-state index in [0.29, 0.717) is 13.0 Å². The molecule has 276 valence electrons. The molecule has 2 aliphatic rings. The molecular weight excluding hydrogens is 641 g/mol. The van der Waals surface area contributed by atoms with Crippen LogP contribution in [-0.2, 0) is 33.4 Å². The number of nitrogens with one attached hydrogen (secondary N) is 2. The molecule has 2 aliphatic heterocycles. The minimum absolute atomic E-state index is 0.0180. The van der Waals surface area contributed by atoms with E-state index >= 15 is 0 Å². The molecule has 7 atom stereocenters. The first-order valence-corrected chi connectivity index (χ1v) is 18.5. The molecule has 0 radical (unpaired) electrons. The molecule has 0 aromatic carbocycles. The molecule has 48 heavy (non-hydrogen) atoms. The Hall–Kier alpha value is -2.58. The number of nitrogens with zero attached hydrogens (tertiary/aromatic N) is 5. The number of ether oxygens (including phenoxy) is 3. The van der Waals surface area contributed by atoms with Gasteiger partial charge in [-0.2, -0.15) is 0 Å². The summed E-state index contributed by atoms with van der Waals surface area (Å²) >= 11 is 0. The Balaban J connectivity index is 2.15. The van der Waals surface area contributed by atoms with E-state index in [-0.39, 0.29) is 61.1 Å². The molecule has 0 saturated carbocycles. The van der Waals surface area contributed by atoms with Crippen molar-refractivity contribution in [2.24, 2.45) is 16.8 Å². The Morgan fingerprint density at radius 1 is 1.06 bits per heavy atom. The molecular formula is C32H60N7O8P. The van der Waals surface area contributed by atoms with Crippen LogP contribution in [0.3, 0.4) is 0 Å². The molecule has 2 rings (SSSR count). The Kier molecular flexibility index (Phi) is 18.0. The van der Waals surface area contributed by atoms with Crippen molar-refractivity contribution < 1.29 is 38.3 Å². The van der Waals surface area contributed by atoms with Crippen LogP contribution in [0, 0.1) is 11.8 Å². The lowest BCUT2D eigenvalue weighted by Crippen LogP contribution is -2.53. The molecule has 0 spiro atoms. The lowest BCUT2D eigenvalue weighted by molar-refractivity contribution is -0.145. The van der Waals surface area contributed by atoms with Crippen molar-refractivity contribution in [3.8, 4) is 0 Å². The van der Waals surface area contributed by atoms with Gasteiger partial charge in [0, 0.05) is 68.1 Å². The van der Waals surface area contributed by atoms with Gasteiger partial charge in [-0.1, -0.05) is 27.2 Å². The number of methoxy groups -OCH3 is 3. The number of piperazine rings is 1. The summed E-state index contributed by atoms with van der Waals surface area (Å²) in [6, 6.07) is -0.701. The van der Waals surface area contributed by atoms with Crippen molar-refractivity contribution in [3.05, 3.63) is 0 Å². The maximum Gasteiger partial charge on any atom is 0.312 e. The predicted molar refractivity (Wildman–Crippen MR) is 186 cm³/mol. The number of carbonyl (C=O) groups is 4. The standard InChI is InChI=1S/C32H60N7O8P/c1-10-22(2)29(37(6)27(41)19-34-32(36(4)5)38-16-13-33-14-17-38)25(45-7)18-26(40)39-15-11-12-24(39)30(47-9)23(3)31(43)35-21-48(44)20-28(42)46-8/h22-25,29-30,33,44H,10-21H2,1-9H3,(H,35,43). The third-order valence-electron chi connectivity index (χ3n) is 9.44. The number of hydrogen-bond acceptors (Lipinski definition) is 10. The van der Waals surface area contributed by atoms with Crippen molar-refractivity contribution in [2.75, 3.05) is 94.2 Å². The molecule has 3 amide bonds. The largest absolute Gasteiger partial charge is 0.469 e. The van der Waals surface area contributed by atoms with Gasteiger partial charge in [-0.25, -0.2) is 4.99 Å². The van der Waals surface area contributed by atoms with Gasteiger partial charge >= 0.3 is 5.97 Å². The first kappa shape index (κ1) is 41.6. The topological polar surface area (TPSA) is 166 Å². The molecule has 2 fully saturated rings. The number of likely N-dealkylation sites (tertiary alicyclic amines) is 1. The third-order valence-corrected chi connectivity index (χ3v) is 10.6. The van der Waals surface area contributed by atoms with E-state index in [1.54, 1.807) is 30.9 Å². The average molecular weight is 702 g/mol. The Labute approximate surface area is 287 Å². The van der Waals surface area contributed by atoms with Crippen LogP contribution in [0.1, 0.15) is 46.5 Å². The van der Waals surface area contributed by atoms with Crippen molar-refractivity contribution in [3.63, 3.8) is 0 Å². The minimum atomic E-state index is -1.75. The highest BCUT2D eigenvalue weighted by Crippen LogP contribution is 2.30. The van der Waals surface area contributed by atoms with E-state index < -0.39 is 32.2 Å². The molecule has 3 N–H and O–H groups in total. The number of carbonyl (C=O) groups excluding carboxylic acids is 4. The van der Waals surface area contributed by atoms with E-state index in [2.05, 4.69) is 34.1 Å². The zero-order valence-electron chi connectivity index (χ0n) is 30.4. The summed E-state index contributed by atoms with van der Waals surface area (Å²) in [5.74, 6) is -0.972. The Morgan fingerprint density at radius 2 is 1.73 bits per heavy atom. The summed E-state index contributed by atoms with van der Waals surface area (Å²) < 4.78 is 16.3. The van der Waals surface area contributed by atoms with Gasteiger partial charge in [0.2, 0.25) is 17.7 Å². The molecule has 2 saturated heterocycles. The number of aliphatic imine (C=N–C) groups is 1. The van der Waals surface area contributed by atoms with E-state index in [9.17, 15) is 24.1 Å². The van der Waals surface area contributed by atoms with Crippen LogP contribution in [0.25, 0.3) is 0 Å². The molecule has 0 aliphatic carbocycles. The summed E-state index contributed by atoms with van der Waals surface area (Å²) in [7, 11) is 8.20. The van der Waals surface area contributed by atoms with Gasteiger partial charge in [0.15, 0.2) is 5.96 Å². The van der Waals surface area contributed by atoms with Gasteiger partial charge in [0.1, 0.15) is 6.54 Å². The highest BCUT2D eigenvalue weighted by molar-refractivity contribution is 7.52. The SMILES string of the molecule is CCC(C)C(C(CC(=O)N1CCCC1C(OC)C(C)C(=O)NCP(O)CC(=O)OC)OC)N(C)C(=O)CN=C(N(C)C)N1CCNCC1. The fourth-order valence-corrected chi connectivity index (χ4v) is 7.44. The zero-order valence-corrected chi connectivity index (χ0v) is 31.3. The van der Waals surface area contributed by atoms with Gasteiger partial charge in [-0.05, 0) is 18.8 Å². The van der Waals surface area contributed by atoms with E-state index in [1.165, 1.54) is 14.2 Å². The monoisotopic (exact) mass is 701 g/mol. The highest BCUT2D eigenvalue weighted by Gasteiger charge is 2.42. The molecule has 15 nitrogen and oxygen atoms in total. The van der Waals surface area contributed by atoms with Crippen LogP contribution in [0.2, 0.25) is 0 Å². The average Bonchev–Trinajstić information content (AvgIpc) is 3.56. The maximum absolute atomic E-state index is 13.9. The van der Waals surface area contributed by atoms with Crippen molar-refractivity contribution in [1.29, 1.82) is 0 Å². The molecule has 0 bridgehead atoms. The Bertz CT molecular complexity index is 1080. The van der Waals surface area contributed by atoms with Gasteiger partial charge in [-0.3, -0.25) is 19.2 Å². The van der Waals surface area contributed by atoms with Crippen molar-refractivity contribution >= 4 is 37.8 Å². The maximum atomic E-state index is 13.9. The van der Waals surface area contributed by atoms with E-state index in [1.807, 2.05) is 19.0 Å². The molecule has 16 heteroatoms. The van der Waals surface area contributed by atoms with Crippen LogP contribution in [-0.4, -0.2) is 173 Å². The number of esters is 1. The molecule has 2 heterocycles. The fraction of sp³-hybridized carbons (Fsp3) is 0.844. The molecule has 0 aromatic rings. The van der Waals surface area contributed by atoms with Gasteiger partial charge in [0.25, 0.3) is 0 Å². The number of rotatable bonds is 17. The van der Waals surface area contributed by atoms with Crippen LogP contribution >= 0.6 is 8.15 Å². The van der Waals surface area contributed by atoms with Crippen LogP contribution in [0.15, 0.2) is 4.99 Å². The van der Waals surface area contributed by atoms with Gasteiger partial charge in [0.05, 0.1) is 64.3 Å². The Morgan fingerprint density at radius 3 is 2.29 bits per heavy atom. The molecule has 7 unspecified atom stereocenters. The summed E-state index contributed by atoms with van der Waals surface area (Å²) in [6.07, 6.45) is 0.907. The molecule has 0 aromatic heterocycles. The van der Waals surface area contributed by atoms with Crippen LogP contribution in [0.4, 0.5) is 0 Å². The van der Waals surface area contributed by atoms with Gasteiger partial charge in [-0.15, -0.1) is 0 Å². The third kappa shape index (κ3) is 11.8. The second-order valence-corrected chi connectivity index (χ2v) is 14.5. The summed E-state index contributed by atoms with van der Waals surface area (Å²) in [6.45, 7) is 9.70. The van der Waals surface area contributed by atoms with Crippen molar-refractivity contribution in [1.82, 2.24) is 30.2 Å². The predicted octanol–water partition coefficient (Wildman–Crippen LogP) is 0.365. The number of amides is 3. The van der Waals surface area contributed by atoms with E-state index in [4.69, 9.17) is 14.5 Å². The zero-order chi connectivity index (χ0) is 36.0. The number of guanidine groups is 1. The number of hydrogen-bond donors (Lipinski definition) is 3. The normalized spacial score (nSPS) is 20.7. The number of likely N-dealkylation sites (N-methyl/N-ethyl adjacent to an activating group) is 1. The smallest absolute Gasteiger partial charge is 0.312 e. The van der Waals surface area contributed by atoms with Crippen molar-refractivity contribution in [2.45, 2.75) is 70.7 Å². The van der Waals surface area contributed by atoms with Crippen LogP contribution in [0.5, 0.6) is 0 Å². The summed E-state index contributed by atoms with van der Waals surface area (Å²) in [4.78, 5) is 74.4. The minimum Gasteiger partial charge on any atom is -0.469 e. The second-order valence-electron chi connectivity index (χ2n) is 12.8. The van der Waals surface area contributed by atoms with E-state index in [0.717, 1.165) is 45.0 Å². The quantitative estimate of drug-likeness (QED) is 0.0831. The summed E-state index contributed by atoms with van der Waals surface area (Å²) in [5.41, 5.74) is 0. The lowest BCUT2D eigenvalue weighted by Gasteiger charge is -2.39. The first-order chi connectivity index (χ1) is 22.8. The fourth-order valence-electron chi connectivity index (χ4n) is 6.56. The first-order valence-electron chi connectivity index (χ1n) is 16.9.